The average Bonchev–Trinajstić information content (AvgIpc) is 3.19. The minimum Gasteiger partial charge on any atom is -0.422 e. The fourth-order valence-corrected chi connectivity index (χ4v) is 3.57. The third-order valence-electron chi connectivity index (χ3n) is 4.29. The van der Waals surface area contributed by atoms with Gasteiger partial charge in [0.25, 0.3) is 0 Å². The highest BCUT2D eigenvalue weighted by atomic mass is 32.1. The zero-order chi connectivity index (χ0) is 19.5. The van der Waals surface area contributed by atoms with E-state index in [-0.39, 0.29) is 0 Å². The summed E-state index contributed by atoms with van der Waals surface area (Å²) in [5, 5.41) is 15.8. The van der Waals surface area contributed by atoms with Crippen LogP contribution < -0.4 is 10.9 Å². The van der Waals surface area contributed by atoms with Crippen molar-refractivity contribution < 1.29 is 4.42 Å². The second kappa shape index (κ2) is 7.51. The lowest BCUT2D eigenvalue weighted by Gasteiger charge is -2.04. The molecule has 5 nitrogen and oxygen atoms in total. The molecule has 0 atom stereocenters. The molecule has 2 aromatic carbocycles. The van der Waals surface area contributed by atoms with Gasteiger partial charge in [-0.25, -0.2) is 9.78 Å². The number of benzene rings is 2. The van der Waals surface area contributed by atoms with E-state index in [0.717, 1.165) is 16.6 Å². The minimum absolute atomic E-state index is 0.380. The summed E-state index contributed by atoms with van der Waals surface area (Å²) in [5.41, 5.74) is 3.35. The topological polar surface area (TPSA) is 78.9 Å². The molecule has 0 amide bonds. The number of anilines is 1. The quantitative estimate of drug-likeness (QED) is 0.386. The van der Waals surface area contributed by atoms with Crippen LogP contribution in [0.4, 0.5) is 5.69 Å². The minimum atomic E-state index is -0.448. The van der Waals surface area contributed by atoms with Crippen LogP contribution in [-0.4, -0.2) is 4.98 Å². The SMILES string of the molecule is Cc1ccccc1NC=C(C#N)c1nc(-c2cc3ccccc3oc2=O)cs1. The molecule has 4 rings (SSSR count). The summed E-state index contributed by atoms with van der Waals surface area (Å²) in [6, 6.07) is 19.1. The Morgan fingerprint density at radius 2 is 2.00 bits per heavy atom. The van der Waals surface area contributed by atoms with Crippen LogP contribution in [-0.2, 0) is 0 Å². The van der Waals surface area contributed by atoms with Gasteiger partial charge in [0.1, 0.15) is 22.2 Å². The van der Waals surface area contributed by atoms with Crippen LogP contribution in [0.2, 0.25) is 0 Å². The van der Waals surface area contributed by atoms with Crippen molar-refractivity contribution in [3.63, 3.8) is 0 Å². The molecule has 0 aliphatic heterocycles. The van der Waals surface area contributed by atoms with Crippen LogP contribution in [0.5, 0.6) is 0 Å². The molecule has 0 saturated heterocycles. The number of nitriles is 1. The Morgan fingerprint density at radius 1 is 1.21 bits per heavy atom. The van der Waals surface area contributed by atoms with E-state index in [2.05, 4.69) is 16.4 Å². The predicted molar refractivity (Wildman–Crippen MR) is 112 cm³/mol. The molecule has 2 aromatic heterocycles. The molecule has 0 fully saturated rings. The zero-order valence-corrected chi connectivity index (χ0v) is 15.8. The number of hydrogen-bond acceptors (Lipinski definition) is 6. The molecule has 136 valence electrons. The van der Waals surface area contributed by atoms with Crippen molar-refractivity contribution in [2.45, 2.75) is 6.92 Å². The van der Waals surface area contributed by atoms with Crippen LogP contribution in [0, 0.1) is 18.3 Å². The molecule has 0 aliphatic rings. The molecule has 6 heteroatoms. The lowest BCUT2D eigenvalue weighted by Crippen LogP contribution is -2.02. The van der Waals surface area contributed by atoms with Gasteiger partial charge >= 0.3 is 5.63 Å². The summed E-state index contributed by atoms with van der Waals surface area (Å²) in [6.07, 6.45) is 1.63. The first-order valence-corrected chi connectivity index (χ1v) is 9.45. The molecule has 28 heavy (non-hydrogen) atoms. The van der Waals surface area contributed by atoms with Gasteiger partial charge in [-0.3, -0.25) is 0 Å². The Bertz CT molecular complexity index is 1290. The molecule has 1 N–H and O–H groups in total. The van der Waals surface area contributed by atoms with E-state index in [0.29, 0.717) is 27.4 Å². The first-order valence-electron chi connectivity index (χ1n) is 8.57. The van der Waals surface area contributed by atoms with Crippen molar-refractivity contribution >= 4 is 33.6 Å². The van der Waals surface area contributed by atoms with Crippen molar-refractivity contribution in [1.82, 2.24) is 4.98 Å². The highest BCUT2D eigenvalue weighted by Gasteiger charge is 2.13. The second-order valence-corrected chi connectivity index (χ2v) is 7.01. The number of aryl methyl sites for hydroxylation is 1. The second-order valence-electron chi connectivity index (χ2n) is 6.15. The Morgan fingerprint density at radius 3 is 2.82 bits per heavy atom. The smallest absolute Gasteiger partial charge is 0.345 e. The highest BCUT2D eigenvalue weighted by Crippen LogP contribution is 2.26. The van der Waals surface area contributed by atoms with Crippen molar-refractivity contribution in [3.05, 3.63) is 87.2 Å². The number of fused-ring (bicyclic) bond motifs is 1. The van der Waals surface area contributed by atoms with Crippen molar-refractivity contribution in [2.24, 2.45) is 0 Å². The van der Waals surface area contributed by atoms with Gasteiger partial charge in [0.2, 0.25) is 0 Å². The molecular formula is C22H15N3O2S. The van der Waals surface area contributed by atoms with Gasteiger partial charge in [-0.1, -0.05) is 36.4 Å². The number of allylic oxidation sites excluding steroid dienone is 1. The summed E-state index contributed by atoms with van der Waals surface area (Å²) in [7, 11) is 0. The summed E-state index contributed by atoms with van der Waals surface area (Å²) < 4.78 is 5.38. The van der Waals surface area contributed by atoms with Gasteiger partial charge in [0.15, 0.2) is 0 Å². The normalized spacial score (nSPS) is 11.4. The van der Waals surface area contributed by atoms with Crippen LogP contribution in [0.3, 0.4) is 0 Å². The van der Waals surface area contributed by atoms with Gasteiger partial charge in [-0.05, 0) is 30.7 Å². The maximum Gasteiger partial charge on any atom is 0.345 e. The molecule has 4 aromatic rings. The van der Waals surface area contributed by atoms with Crippen molar-refractivity contribution in [2.75, 3.05) is 5.32 Å². The van der Waals surface area contributed by atoms with E-state index >= 15 is 0 Å². The summed E-state index contributed by atoms with van der Waals surface area (Å²) in [4.78, 5) is 16.8. The summed E-state index contributed by atoms with van der Waals surface area (Å²) in [5.74, 6) is 0. The standard InChI is InChI=1S/C22H15N3O2S/c1-14-6-2-4-8-18(14)24-12-16(11-23)21-25-19(13-28-21)17-10-15-7-3-5-9-20(15)27-22(17)26/h2-10,12-13,24H,1H3. The van der Waals surface area contributed by atoms with Gasteiger partial charge in [0, 0.05) is 22.7 Å². The van der Waals surface area contributed by atoms with Gasteiger partial charge in [-0.2, -0.15) is 5.26 Å². The number of aromatic nitrogens is 1. The Kier molecular flexibility index (Phi) is 4.75. The van der Waals surface area contributed by atoms with Gasteiger partial charge in [0.05, 0.1) is 11.3 Å². The lowest BCUT2D eigenvalue weighted by atomic mass is 10.1. The largest absolute Gasteiger partial charge is 0.422 e. The van der Waals surface area contributed by atoms with E-state index in [4.69, 9.17) is 4.42 Å². The summed E-state index contributed by atoms with van der Waals surface area (Å²) >= 11 is 1.31. The highest BCUT2D eigenvalue weighted by molar-refractivity contribution is 7.11. The molecule has 2 heterocycles. The van der Waals surface area contributed by atoms with Crippen molar-refractivity contribution in [1.29, 1.82) is 5.26 Å². The lowest BCUT2D eigenvalue weighted by molar-refractivity contribution is 0.563. The molecule has 0 bridgehead atoms. The number of rotatable bonds is 4. The van der Waals surface area contributed by atoms with Crippen LogP contribution in [0.15, 0.2) is 75.4 Å². The molecule has 0 unspecified atom stereocenters. The van der Waals surface area contributed by atoms with E-state index in [1.807, 2.05) is 49.4 Å². The Hall–Kier alpha value is -3.69. The summed E-state index contributed by atoms with van der Waals surface area (Å²) in [6.45, 7) is 1.99. The predicted octanol–water partition coefficient (Wildman–Crippen LogP) is 5.20. The van der Waals surface area contributed by atoms with Crippen LogP contribution in [0.1, 0.15) is 10.6 Å². The number of nitrogens with one attached hydrogen (secondary N) is 1. The monoisotopic (exact) mass is 385 g/mol. The Labute approximate surface area is 165 Å². The molecule has 0 aliphatic carbocycles. The number of hydrogen-bond donors (Lipinski definition) is 1. The maximum absolute atomic E-state index is 12.3. The maximum atomic E-state index is 12.3. The van der Waals surface area contributed by atoms with E-state index in [1.54, 1.807) is 23.7 Å². The third kappa shape index (κ3) is 3.43. The third-order valence-corrected chi connectivity index (χ3v) is 5.17. The van der Waals surface area contributed by atoms with E-state index < -0.39 is 5.63 Å². The van der Waals surface area contributed by atoms with E-state index in [9.17, 15) is 10.1 Å². The van der Waals surface area contributed by atoms with Crippen LogP contribution in [0.25, 0.3) is 27.8 Å². The first-order chi connectivity index (χ1) is 13.7. The molecular weight excluding hydrogens is 370 g/mol. The first kappa shape index (κ1) is 17.7. The van der Waals surface area contributed by atoms with Crippen molar-refractivity contribution in [3.8, 4) is 17.3 Å². The fraction of sp³-hybridized carbons (Fsp3) is 0.0455. The zero-order valence-electron chi connectivity index (χ0n) is 15.0. The van der Waals surface area contributed by atoms with Gasteiger partial charge in [-0.15, -0.1) is 11.3 Å². The number of para-hydroxylation sites is 2. The molecule has 0 spiro atoms. The molecule has 0 saturated carbocycles. The average molecular weight is 385 g/mol. The number of thiazole rings is 1. The fourth-order valence-electron chi connectivity index (χ4n) is 2.79. The van der Waals surface area contributed by atoms with Crippen LogP contribution >= 0.6 is 11.3 Å². The van der Waals surface area contributed by atoms with Gasteiger partial charge < -0.3 is 9.73 Å². The Balaban J connectivity index is 1.68. The van der Waals surface area contributed by atoms with E-state index in [1.165, 1.54) is 11.3 Å². The molecule has 0 radical (unpaired) electrons. The number of nitrogens with zero attached hydrogens (tertiary/aromatic N) is 2.